The van der Waals surface area contributed by atoms with Crippen LogP contribution in [0.2, 0.25) is 0 Å². The molecule has 0 bridgehead atoms. The van der Waals surface area contributed by atoms with E-state index >= 15 is 0 Å². The van der Waals surface area contributed by atoms with E-state index in [1.807, 2.05) is 6.07 Å². The van der Waals surface area contributed by atoms with Gasteiger partial charge in [-0.25, -0.2) is 0 Å². The number of aliphatic carboxylic acids is 1. The number of rotatable bonds is 7. The molecule has 12 heteroatoms. The minimum Gasteiger partial charge on any atom is -0.484 e. The van der Waals surface area contributed by atoms with Gasteiger partial charge >= 0.3 is 10.8 Å². The second-order valence-electron chi connectivity index (χ2n) is 8.18. The van der Waals surface area contributed by atoms with Crippen LogP contribution in [0.1, 0.15) is 16.4 Å². The van der Waals surface area contributed by atoms with E-state index < -0.39 is 41.4 Å². The van der Waals surface area contributed by atoms with Crippen LogP contribution in [-0.4, -0.2) is 57.1 Å². The van der Waals surface area contributed by atoms with Crippen LogP contribution in [0.25, 0.3) is 0 Å². The molecule has 0 radical (unpaired) electrons. The molecule has 2 unspecified atom stereocenters. The number of carboxylic acid groups (broad SMARTS) is 1. The number of H-pyrrole nitrogens is 1. The highest BCUT2D eigenvalue weighted by atomic mass is 32.2. The molecule has 3 heterocycles. The lowest BCUT2D eigenvalue weighted by Gasteiger charge is -2.29. The number of thiazole rings is 1. The Labute approximate surface area is 212 Å². The zero-order valence-corrected chi connectivity index (χ0v) is 20.1. The number of thioether (sulfide) groups is 1. The van der Waals surface area contributed by atoms with Crippen LogP contribution in [0, 0.1) is 5.92 Å². The van der Waals surface area contributed by atoms with E-state index in [1.54, 1.807) is 48.5 Å². The van der Waals surface area contributed by atoms with Crippen LogP contribution < -0.4 is 14.9 Å². The summed E-state index contributed by atoms with van der Waals surface area (Å²) in [7, 11) is 0. The molecule has 1 saturated heterocycles. The van der Waals surface area contributed by atoms with Crippen LogP contribution in [0.3, 0.4) is 0 Å². The maximum Gasteiger partial charge on any atom is 0.323 e. The number of para-hydroxylation sites is 1. The number of carbonyl (C=O) groups is 4. The predicted octanol–water partition coefficient (Wildman–Crippen LogP) is 2.13. The van der Waals surface area contributed by atoms with E-state index in [1.165, 1.54) is 0 Å². The van der Waals surface area contributed by atoms with Gasteiger partial charge in [-0.05, 0) is 29.8 Å². The molecule has 0 aliphatic carbocycles. The normalized spacial score (nSPS) is 20.6. The van der Waals surface area contributed by atoms with Gasteiger partial charge in [-0.1, -0.05) is 53.4 Å². The van der Waals surface area contributed by atoms with E-state index in [9.17, 15) is 24.0 Å². The summed E-state index contributed by atoms with van der Waals surface area (Å²) in [5.74, 6) is -3.79. The Kier molecular flexibility index (Phi) is 6.37. The van der Waals surface area contributed by atoms with Gasteiger partial charge in [0.25, 0.3) is 5.91 Å². The predicted molar refractivity (Wildman–Crippen MR) is 131 cm³/mol. The zero-order valence-electron chi connectivity index (χ0n) is 18.5. The fourth-order valence-electron chi connectivity index (χ4n) is 4.36. The number of hydrogen-bond acceptors (Lipinski definition) is 8. The van der Waals surface area contributed by atoms with Crippen molar-refractivity contribution in [3.8, 4) is 5.75 Å². The monoisotopic (exact) mass is 525 g/mol. The number of ether oxygens (including phenoxy) is 1. The molecule has 36 heavy (non-hydrogen) atoms. The molecule has 3 amide bonds. The maximum atomic E-state index is 13.2. The summed E-state index contributed by atoms with van der Waals surface area (Å²) in [6, 6.07) is 15.7. The SMILES string of the molecule is O=C(O)CN1C(=O)C2Sc3[nH]c(=O)sc3[C@H](c3ccc(OCC(=O)Nc4ccccc4)cc3)C2C1=O. The summed E-state index contributed by atoms with van der Waals surface area (Å²) in [6.45, 7) is -0.917. The number of carbonyl (C=O) groups excluding carboxylic acids is 3. The molecule has 10 nitrogen and oxygen atoms in total. The van der Waals surface area contributed by atoms with E-state index in [0.29, 0.717) is 26.9 Å². The van der Waals surface area contributed by atoms with Crippen molar-refractivity contribution >= 4 is 52.5 Å². The lowest BCUT2D eigenvalue weighted by molar-refractivity contribution is -0.149. The molecule has 1 fully saturated rings. The molecule has 3 aromatic rings. The van der Waals surface area contributed by atoms with Crippen LogP contribution >= 0.6 is 23.1 Å². The van der Waals surface area contributed by atoms with Crippen molar-refractivity contribution < 1.29 is 29.0 Å². The van der Waals surface area contributed by atoms with Gasteiger partial charge in [0.2, 0.25) is 11.8 Å². The van der Waals surface area contributed by atoms with Crippen molar-refractivity contribution in [2.45, 2.75) is 16.2 Å². The van der Waals surface area contributed by atoms with Gasteiger partial charge in [0.15, 0.2) is 6.61 Å². The van der Waals surface area contributed by atoms with E-state index in [-0.39, 0.29) is 17.4 Å². The minimum atomic E-state index is -1.28. The van der Waals surface area contributed by atoms with Crippen LogP contribution in [0.15, 0.2) is 64.4 Å². The number of benzene rings is 2. The molecule has 1 aromatic heterocycles. The summed E-state index contributed by atoms with van der Waals surface area (Å²) >= 11 is 2.05. The number of hydrogen-bond donors (Lipinski definition) is 3. The summed E-state index contributed by atoms with van der Waals surface area (Å²) < 4.78 is 5.58. The smallest absolute Gasteiger partial charge is 0.323 e. The molecule has 3 atom stereocenters. The molecule has 2 aliphatic rings. The van der Waals surface area contributed by atoms with E-state index in [2.05, 4.69) is 10.3 Å². The quantitative estimate of drug-likeness (QED) is 0.398. The highest BCUT2D eigenvalue weighted by molar-refractivity contribution is 8.00. The molecule has 0 spiro atoms. The fraction of sp³-hybridized carbons (Fsp3) is 0.208. The number of aromatic amines is 1. The van der Waals surface area contributed by atoms with Crippen molar-refractivity contribution in [2.75, 3.05) is 18.5 Å². The summed E-state index contributed by atoms with van der Waals surface area (Å²) in [6.07, 6.45) is 0. The van der Waals surface area contributed by atoms with Crippen molar-refractivity contribution in [3.63, 3.8) is 0 Å². The second-order valence-corrected chi connectivity index (χ2v) is 10.3. The average molecular weight is 526 g/mol. The summed E-state index contributed by atoms with van der Waals surface area (Å²) in [5, 5.41) is 11.6. The van der Waals surface area contributed by atoms with Crippen molar-refractivity contribution in [1.82, 2.24) is 9.88 Å². The van der Waals surface area contributed by atoms with Gasteiger partial charge in [0.05, 0.1) is 10.9 Å². The summed E-state index contributed by atoms with van der Waals surface area (Å²) in [5.41, 5.74) is 1.32. The molecule has 5 rings (SSSR count). The Hall–Kier alpha value is -3.90. The first kappa shape index (κ1) is 23.8. The van der Waals surface area contributed by atoms with Crippen LogP contribution in [0.5, 0.6) is 5.75 Å². The third-order valence-corrected chi connectivity index (χ3v) is 8.28. The number of nitrogens with one attached hydrogen (secondary N) is 2. The fourth-order valence-corrected chi connectivity index (χ4v) is 6.90. The topological polar surface area (TPSA) is 146 Å². The second kappa shape index (κ2) is 9.63. The van der Waals surface area contributed by atoms with Gasteiger partial charge in [-0.15, -0.1) is 0 Å². The van der Waals surface area contributed by atoms with Crippen molar-refractivity contribution in [1.29, 1.82) is 0 Å². The molecule has 2 aromatic carbocycles. The van der Waals surface area contributed by atoms with Crippen molar-refractivity contribution in [2.24, 2.45) is 5.92 Å². The number of fused-ring (bicyclic) bond motifs is 2. The van der Waals surface area contributed by atoms with Crippen LogP contribution in [-0.2, 0) is 19.2 Å². The van der Waals surface area contributed by atoms with Crippen molar-refractivity contribution in [3.05, 3.63) is 74.7 Å². The largest absolute Gasteiger partial charge is 0.484 e. The average Bonchev–Trinajstić information content (AvgIpc) is 3.34. The Bertz CT molecular complexity index is 1400. The molecule has 0 saturated carbocycles. The number of amides is 3. The highest BCUT2D eigenvalue weighted by Crippen LogP contribution is 2.52. The van der Waals surface area contributed by atoms with Gasteiger partial charge in [0.1, 0.15) is 17.5 Å². The molecule has 2 aliphatic heterocycles. The van der Waals surface area contributed by atoms with Gasteiger partial charge in [0, 0.05) is 16.5 Å². The first-order valence-corrected chi connectivity index (χ1v) is 12.6. The van der Waals surface area contributed by atoms with E-state index in [4.69, 9.17) is 9.84 Å². The zero-order chi connectivity index (χ0) is 25.4. The Balaban J connectivity index is 1.37. The summed E-state index contributed by atoms with van der Waals surface area (Å²) in [4.78, 5) is 65.3. The number of aromatic nitrogens is 1. The van der Waals surface area contributed by atoms with E-state index in [0.717, 1.165) is 28.0 Å². The Morgan fingerprint density at radius 1 is 1.03 bits per heavy atom. The number of likely N-dealkylation sites (tertiary alicyclic amines) is 1. The third kappa shape index (κ3) is 4.52. The molecule has 184 valence electrons. The Morgan fingerprint density at radius 3 is 2.44 bits per heavy atom. The minimum absolute atomic E-state index is 0.209. The lowest BCUT2D eigenvalue weighted by atomic mass is 9.83. The number of nitrogens with zero attached hydrogens (tertiary/aromatic N) is 1. The number of carboxylic acids is 1. The van der Waals surface area contributed by atoms with Crippen LogP contribution in [0.4, 0.5) is 5.69 Å². The lowest BCUT2D eigenvalue weighted by Crippen LogP contribution is -2.36. The highest BCUT2D eigenvalue weighted by Gasteiger charge is 2.56. The first-order chi connectivity index (χ1) is 17.3. The molecular formula is C24H19N3O7S2. The molecular weight excluding hydrogens is 506 g/mol. The van der Waals surface area contributed by atoms with Gasteiger partial charge in [-0.3, -0.25) is 28.9 Å². The number of imide groups is 1. The standard InChI is InChI=1S/C24H19N3O7S2/c28-15(25-13-4-2-1-3-5-13)11-34-14-8-6-12(7-9-14)17-18-20(35-21-19(17)36-24(33)26-21)23(32)27(22(18)31)10-16(29)30/h1-9,17-18,20H,10-11H2,(H,25,28)(H,26,33)(H,29,30)/t17-,18?,20?/m1/s1. The third-order valence-electron chi connectivity index (χ3n) is 5.88. The Morgan fingerprint density at radius 2 is 1.75 bits per heavy atom. The van der Waals surface area contributed by atoms with Gasteiger partial charge < -0.3 is 20.1 Å². The maximum absolute atomic E-state index is 13.2. The van der Waals surface area contributed by atoms with Gasteiger partial charge in [-0.2, -0.15) is 0 Å². The first-order valence-electron chi connectivity index (χ1n) is 10.9. The molecule has 3 N–H and O–H groups in total. The number of anilines is 1.